The average molecular weight is 316 g/mol. The van der Waals surface area contributed by atoms with Crippen molar-refractivity contribution >= 4 is 11.9 Å². The molecule has 0 saturated carbocycles. The largest absolute Gasteiger partial charge is 0.356 e. The van der Waals surface area contributed by atoms with Crippen molar-refractivity contribution < 1.29 is 4.79 Å². The van der Waals surface area contributed by atoms with E-state index in [0.717, 1.165) is 44.9 Å². The molecule has 2 rings (SSSR count). The smallest absolute Gasteiger partial charge is 0.222 e. The van der Waals surface area contributed by atoms with Crippen molar-refractivity contribution in [1.82, 2.24) is 15.5 Å². The van der Waals surface area contributed by atoms with Crippen molar-refractivity contribution in [3.05, 3.63) is 35.9 Å². The second kappa shape index (κ2) is 9.18. The maximum atomic E-state index is 11.7. The monoisotopic (exact) mass is 316 g/mol. The van der Waals surface area contributed by atoms with Gasteiger partial charge in [0, 0.05) is 39.1 Å². The number of aliphatic imine (C=N–C) groups is 1. The molecular formula is C18H28N4O. The molecule has 1 fully saturated rings. The lowest BCUT2D eigenvalue weighted by molar-refractivity contribution is -0.129. The lowest BCUT2D eigenvalue weighted by atomic mass is 10.1. The summed E-state index contributed by atoms with van der Waals surface area (Å²) in [5.74, 6) is 1.06. The van der Waals surface area contributed by atoms with Crippen LogP contribution in [0, 0.1) is 0 Å². The van der Waals surface area contributed by atoms with Crippen LogP contribution in [0.5, 0.6) is 0 Å². The van der Waals surface area contributed by atoms with Crippen molar-refractivity contribution in [2.24, 2.45) is 4.99 Å². The Morgan fingerprint density at radius 2 is 2.13 bits per heavy atom. The summed E-state index contributed by atoms with van der Waals surface area (Å²) < 4.78 is 0. The SMILES string of the molecule is CCC(=O)N1CCC(NC(=NC)NCCCc2ccccc2)C1. The van der Waals surface area contributed by atoms with E-state index in [1.165, 1.54) is 5.56 Å². The second-order valence-corrected chi connectivity index (χ2v) is 5.91. The lowest BCUT2D eigenvalue weighted by Crippen LogP contribution is -2.45. The van der Waals surface area contributed by atoms with Gasteiger partial charge in [-0.05, 0) is 24.8 Å². The number of carbonyl (C=O) groups is 1. The molecule has 1 amide bonds. The minimum absolute atomic E-state index is 0.236. The molecule has 5 nitrogen and oxygen atoms in total. The quantitative estimate of drug-likeness (QED) is 0.478. The third kappa shape index (κ3) is 5.58. The van der Waals surface area contributed by atoms with Gasteiger partial charge >= 0.3 is 0 Å². The number of hydrogen-bond donors (Lipinski definition) is 2. The van der Waals surface area contributed by atoms with Crippen molar-refractivity contribution in [3.8, 4) is 0 Å². The molecule has 1 aliphatic rings. The van der Waals surface area contributed by atoms with Gasteiger partial charge in [0.15, 0.2) is 5.96 Å². The first-order chi connectivity index (χ1) is 11.2. The summed E-state index contributed by atoms with van der Waals surface area (Å²) in [6.07, 6.45) is 3.69. The summed E-state index contributed by atoms with van der Waals surface area (Å²) in [5.41, 5.74) is 1.36. The highest BCUT2D eigenvalue weighted by Crippen LogP contribution is 2.10. The fourth-order valence-electron chi connectivity index (χ4n) is 2.86. The van der Waals surface area contributed by atoms with Crippen molar-refractivity contribution in [1.29, 1.82) is 0 Å². The first-order valence-corrected chi connectivity index (χ1v) is 8.51. The Bertz CT molecular complexity index is 515. The molecule has 1 aliphatic heterocycles. The van der Waals surface area contributed by atoms with Gasteiger partial charge in [-0.1, -0.05) is 37.3 Å². The molecule has 0 radical (unpaired) electrons. The summed E-state index contributed by atoms with van der Waals surface area (Å²) >= 11 is 0. The zero-order valence-electron chi connectivity index (χ0n) is 14.2. The van der Waals surface area contributed by atoms with E-state index in [-0.39, 0.29) is 5.91 Å². The van der Waals surface area contributed by atoms with Crippen LogP contribution in [0.25, 0.3) is 0 Å². The molecular weight excluding hydrogens is 288 g/mol. The zero-order valence-corrected chi connectivity index (χ0v) is 14.2. The van der Waals surface area contributed by atoms with E-state index < -0.39 is 0 Å². The molecule has 1 aromatic rings. The second-order valence-electron chi connectivity index (χ2n) is 5.91. The van der Waals surface area contributed by atoms with Crippen LogP contribution in [-0.2, 0) is 11.2 Å². The van der Waals surface area contributed by atoms with E-state index in [0.29, 0.717) is 12.5 Å². The number of rotatable bonds is 6. The van der Waals surface area contributed by atoms with E-state index in [9.17, 15) is 4.79 Å². The number of nitrogens with one attached hydrogen (secondary N) is 2. The molecule has 0 spiro atoms. The molecule has 1 heterocycles. The Balaban J connectivity index is 1.67. The number of benzene rings is 1. The molecule has 1 unspecified atom stereocenters. The number of likely N-dealkylation sites (tertiary alicyclic amines) is 1. The van der Waals surface area contributed by atoms with Crippen LogP contribution in [0.15, 0.2) is 35.3 Å². The zero-order chi connectivity index (χ0) is 16.5. The molecule has 126 valence electrons. The lowest BCUT2D eigenvalue weighted by Gasteiger charge is -2.18. The summed E-state index contributed by atoms with van der Waals surface area (Å²) in [7, 11) is 1.79. The highest BCUT2D eigenvalue weighted by molar-refractivity contribution is 5.80. The predicted octanol–water partition coefficient (Wildman–Crippen LogP) is 1.80. The van der Waals surface area contributed by atoms with Crippen LogP contribution in [0.1, 0.15) is 31.7 Å². The standard InChI is InChI=1S/C18H28N4O/c1-3-17(23)22-13-11-16(14-22)21-18(19-2)20-12-7-10-15-8-5-4-6-9-15/h4-6,8-9,16H,3,7,10-14H2,1-2H3,(H2,19,20,21). The minimum Gasteiger partial charge on any atom is -0.356 e. The van der Waals surface area contributed by atoms with Crippen LogP contribution in [0.4, 0.5) is 0 Å². The Labute approximate surface area is 139 Å². The number of guanidine groups is 1. The molecule has 0 bridgehead atoms. The minimum atomic E-state index is 0.236. The highest BCUT2D eigenvalue weighted by atomic mass is 16.2. The summed E-state index contributed by atoms with van der Waals surface area (Å²) in [6, 6.07) is 10.8. The third-order valence-electron chi connectivity index (χ3n) is 4.19. The van der Waals surface area contributed by atoms with Gasteiger partial charge in [0.25, 0.3) is 0 Å². The Morgan fingerprint density at radius 1 is 1.35 bits per heavy atom. The van der Waals surface area contributed by atoms with Crippen molar-refractivity contribution in [2.45, 2.75) is 38.6 Å². The molecule has 0 aromatic heterocycles. The van der Waals surface area contributed by atoms with Crippen molar-refractivity contribution in [3.63, 3.8) is 0 Å². The van der Waals surface area contributed by atoms with Crippen molar-refractivity contribution in [2.75, 3.05) is 26.7 Å². The van der Waals surface area contributed by atoms with Crippen LogP contribution in [0.2, 0.25) is 0 Å². The molecule has 1 atom stereocenters. The third-order valence-corrected chi connectivity index (χ3v) is 4.19. The number of amides is 1. The first kappa shape index (κ1) is 17.3. The van der Waals surface area contributed by atoms with E-state index in [1.807, 2.05) is 17.9 Å². The maximum Gasteiger partial charge on any atom is 0.222 e. The average Bonchev–Trinajstić information content (AvgIpc) is 3.06. The van der Waals surface area contributed by atoms with E-state index in [2.05, 4.69) is 39.9 Å². The summed E-state index contributed by atoms with van der Waals surface area (Å²) in [4.78, 5) is 17.9. The first-order valence-electron chi connectivity index (χ1n) is 8.51. The van der Waals surface area contributed by atoms with E-state index in [1.54, 1.807) is 7.05 Å². The Hall–Kier alpha value is -2.04. The number of carbonyl (C=O) groups excluding carboxylic acids is 1. The predicted molar refractivity (Wildman–Crippen MR) is 94.5 cm³/mol. The van der Waals surface area contributed by atoms with Crippen LogP contribution < -0.4 is 10.6 Å². The van der Waals surface area contributed by atoms with Crippen LogP contribution >= 0.6 is 0 Å². The van der Waals surface area contributed by atoms with Gasteiger partial charge in [-0.3, -0.25) is 9.79 Å². The number of nitrogens with zero attached hydrogens (tertiary/aromatic N) is 2. The number of hydrogen-bond acceptors (Lipinski definition) is 2. The molecule has 1 saturated heterocycles. The summed E-state index contributed by atoms with van der Waals surface area (Å²) in [5, 5.41) is 6.78. The molecule has 0 aliphatic carbocycles. The number of aryl methyl sites for hydroxylation is 1. The van der Waals surface area contributed by atoms with Crippen LogP contribution in [-0.4, -0.2) is 49.5 Å². The fourth-order valence-corrected chi connectivity index (χ4v) is 2.86. The topological polar surface area (TPSA) is 56.7 Å². The molecule has 23 heavy (non-hydrogen) atoms. The van der Waals surface area contributed by atoms with E-state index >= 15 is 0 Å². The van der Waals surface area contributed by atoms with Gasteiger partial charge in [0.1, 0.15) is 0 Å². The normalized spacial score (nSPS) is 18.1. The highest BCUT2D eigenvalue weighted by Gasteiger charge is 2.25. The van der Waals surface area contributed by atoms with Crippen LogP contribution in [0.3, 0.4) is 0 Å². The van der Waals surface area contributed by atoms with Gasteiger partial charge in [-0.2, -0.15) is 0 Å². The molecule has 1 aromatic carbocycles. The van der Waals surface area contributed by atoms with Gasteiger partial charge in [-0.25, -0.2) is 0 Å². The molecule has 5 heteroatoms. The molecule has 2 N–H and O–H groups in total. The van der Waals surface area contributed by atoms with E-state index in [4.69, 9.17) is 0 Å². The fraction of sp³-hybridized carbons (Fsp3) is 0.556. The van der Waals surface area contributed by atoms with Gasteiger partial charge in [0.2, 0.25) is 5.91 Å². The van der Waals surface area contributed by atoms with Gasteiger partial charge in [-0.15, -0.1) is 0 Å². The van der Waals surface area contributed by atoms with Gasteiger partial charge in [0.05, 0.1) is 0 Å². The Kier molecular flexibility index (Phi) is 6.91. The Morgan fingerprint density at radius 3 is 2.83 bits per heavy atom. The van der Waals surface area contributed by atoms with Gasteiger partial charge < -0.3 is 15.5 Å². The summed E-state index contributed by atoms with van der Waals surface area (Å²) in [6.45, 7) is 4.42. The maximum absolute atomic E-state index is 11.7.